The zero-order chi connectivity index (χ0) is 9.26. The van der Waals surface area contributed by atoms with Crippen molar-refractivity contribution in [3.8, 4) is 16.7 Å². The summed E-state index contributed by atoms with van der Waals surface area (Å²) in [5.74, 6) is 0.950. The first-order valence-corrected chi connectivity index (χ1v) is 4.39. The van der Waals surface area contributed by atoms with Gasteiger partial charge in [-0.3, -0.25) is 0 Å². The summed E-state index contributed by atoms with van der Waals surface area (Å²) in [5, 5.41) is 13.9. The fourth-order valence-electron chi connectivity index (χ4n) is 0.929. The molecule has 0 amide bonds. The highest BCUT2D eigenvalue weighted by Crippen LogP contribution is 2.27. The summed E-state index contributed by atoms with van der Waals surface area (Å²) < 4.78 is 4.93. The Morgan fingerprint density at radius 3 is 2.92 bits per heavy atom. The van der Waals surface area contributed by atoms with Gasteiger partial charge in [-0.2, -0.15) is 5.26 Å². The number of thiophene rings is 1. The highest BCUT2D eigenvalue weighted by molar-refractivity contribution is 7.13. The van der Waals surface area contributed by atoms with Crippen LogP contribution in [0.1, 0.15) is 5.56 Å². The van der Waals surface area contributed by atoms with E-state index in [-0.39, 0.29) is 0 Å². The highest BCUT2D eigenvalue weighted by Gasteiger charge is 2.07. The van der Waals surface area contributed by atoms with E-state index in [0.29, 0.717) is 17.1 Å². The number of nitriles is 1. The lowest BCUT2D eigenvalue weighted by molar-refractivity contribution is 0.436. The minimum Gasteiger partial charge on any atom is -0.381 e. The Morgan fingerprint density at radius 2 is 2.38 bits per heavy atom. The molecule has 0 aliphatic carbocycles. The molecule has 0 unspecified atom stereocenters. The Balaban J connectivity index is 2.42. The second kappa shape index (κ2) is 2.92. The van der Waals surface area contributed by atoms with E-state index in [1.165, 1.54) is 11.3 Å². The predicted molar refractivity (Wildman–Crippen MR) is 48.9 cm³/mol. The van der Waals surface area contributed by atoms with Crippen molar-refractivity contribution in [2.24, 2.45) is 0 Å². The molecule has 2 heterocycles. The fourth-order valence-corrected chi connectivity index (χ4v) is 1.71. The van der Waals surface area contributed by atoms with Crippen LogP contribution in [0, 0.1) is 11.3 Å². The van der Waals surface area contributed by atoms with Crippen LogP contribution in [0.5, 0.6) is 0 Å². The SMILES string of the molecule is N#Cc1csc(-c2cc(N)no2)c1. The molecule has 64 valence electrons. The maximum absolute atomic E-state index is 8.59. The molecular formula is C8H5N3OS. The predicted octanol–water partition coefficient (Wildman–Crippen LogP) is 1.86. The number of aromatic nitrogens is 1. The first-order chi connectivity index (χ1) is 6.29. The Morgan fingerprint density at radius 1 is 1.54 bits per heavy atom. The van der Waals surface area contributed by atoms with E-state index in [2.05, 4.69) is 5.16 Å². The fraction of sp³-hybridized carbons (Fsp3) is 0. The number of hydrogen-bond donors (Lipinski definition) is 1. The molecule has 0 saturated heterocycles. The van der Waals surface area contributed by atoms with Crippen LogP contribution in [0.15, 0.2) is 22.0 Å². The molecule has 2 rings (SSSR count). The number of rotatable bonds is 1. The van der Waals surface area contributed by atoms with Gasteiger partial charge in [0, 0.05) is 11.4 Å². The van der Waals surface area contributed by atoms with E-state index < -0.39 is 0 Å². The minimum atomic E-state index is 0.349. The zero-order valence-electron chi connectivity index (χ0n) is 6.52. The average molecular weight is 191 g/mol. The molecule has 0 saturated carbocycles. The number of nitrogens with zero attached hydrogens (tertiary/aromatic N) is 2. The number of nitrogen functional groups attached to an aromatic ring is 1. The van der Waals surface area contributed by atoms with Gasteiger partial charge in [0.25, 0.3) is 0 Å². The van der Waals surface area contributed by atoms with Crippen molar-refractivity contribution in [2.45, 2.75) is 0 Å². The van der Waals surface area contributed by atoms with Crippen molar-refractivity contribution in [1.29, 1.82) is 5.26 Å². The van der Waals surface area contributed by atoms with Crippen molar-refractivity contribution in [3.05, 3.63) is 23.1 Å². The summed E-state index contributed by atoms with van der Waals surface area (Å²) in [5.41, 5.74) is 6.01. The minimum absolute atomic E-state index is 0.349. The lowest BCUT2D eigenvalue weighted by Crippen LogP contribution is -1.79. The third-order valence-electron chi connectivity index (χ3n) is 1.50. The molecule has 5 heteroatoms. The Labute approximate surface area is 78.2 Å². The van der Waals surface area contributed by atoms with Gasteiger partial charge in [0.05, 0.1) is 10.4 Å². The van der Waals surface area contributed by atoms with E-state index in [9.17, 15) is 0 Å². The number of anilines is 1. The standard InChI is InChI=1S/C8H5N3OS/c9-3-5-1-7(13-4-5)6-2-8(10)11-12-6/h1-2,4H,(H2,10,11). The molecule has 2 aromatic heterocycles. The van der Waals surface area contributed by atoms with Crippen LogP contribution < -0.4 is 5.73 Å². The van der Waals surface area contributed by atoms with Gasteiger partial charge in [-0.25, -0.2) is 0 Å². The van der Waals surface area contributed by atoms with E-state index in [4.69, 9.17) is 15.5 Å². The van der Waals surface area contributed by atoms with Crippen LogP contribution in [-0.4, -0.2) is 5.16 Å². The van der Waals surface area contributed by atoms with Gasteiger partial charge in [0.15, 0.2) is 11.6 Å². The molecule has 4 nitrogen and oxygen atoms in total. The summed E-state index contributed by atoms with van der Waals surface area (Å²) >= 11 is 1.43. The summed E-state index contributed by atoms with van der Waals surface area (Å²) in [6.07, 6.45) is 0. The Kier molecular flexibility index (Phi) is 1.76. The van der Waals surface area contributed by atoms with Crippen molar-refractivity contribution in [2.75, 3.05) is 5.73 Å². The maximum atomic E-state index is 8.59. The van der Waals surface area contributed by atoms with Gasteiger partial charge in [-0.05, 0) is 6.07 Å². The van der Waals surface area contributed by atoms with Crippen molar-refractivity contribution >= 4 is 17.2 Å². The Hall–Kier alpha value is -1.80. The largest absolute Gasteiger partial charge is 0.381 e. The molecule has 0 bridgehead atoms. The highest BCUT2D eigenvalue weighted by atomic mass is 32.1. The monoisotopic (exact) mass is 191 g/mol. The lowest BCUT2D eigenvalue weighted by atomic mass is 10.3. The molecule has 0 aliphatic rings. The second-order valence-corrected chi connectivity index (χ2v) is 3.34. The quantitative estimate of drug-likeness (QED) is 0.746. The van der Waals surface area contributed by atoms with Crippen LogP contribution in [0.2, 0.25) is 0 Å². The maximum Gasteiger partial charge on any atom is 0.179 e. The summed E-state index contributed by atoms with van der Waals surface area (Å²) in [6, 6.07) is 5.41. The van der Waals surface area contributed by atoms with Gasteiger partial charge in [-0.15, -0.1) is 11.3 Å². The van der Waals surface area contributed by atoms with Gasteiger partial charge in [0.1, 0.15) is 6.07 Å². The van der Waals surface area contributed by atoms with Gasteiger partial charge in [-0.1, -0.05) is 5.16 Å². The molecular weight excluding hydrogens is 186 g/mol. The van der Waals surface area contributed by atoms with Crippen molar-refractivity contribution < 1.29 is 4.52 Å². The molecule has 0 radical (unpaired) electrons. The van der Waals surface area contributed by atoms with Gasteiger partial charge >= 0.3 is 0 Å². The molecule has 13 heavy (non-hydrogen) atoms. The Bertz CT molecular complexity index is 466. The molecule has 2 aromatic rings. The molecule has 2 N–H and O–H groups in total. The summed E-state index contributed by atoms with van der Waals surface area (Å²) in [6.45, 7) is 0. The first kappa shape index (κ1) is 7.83. The van der Waals surface area contributed by atoms with Crippen LogP contribution in [0.25, 0.3) is 10.6 Å². The van der Waals surface area contributed by atoms with Crippen molar-refractivity contribution in [3.63, 3.8) is 0 Å². The smallest absolute Gasteiger partial charge is 0.179 e. The molecule has 0 spiro atoms. The normalized spacial score (nSPS) is 9.77. The molecule has 0 fully saturated rings. The lowest BCUT2D eigenvalue weighted by Gasteiger charge is -1.82. The van der Waals surface area contributed by atoms with Crippen LogP contribution >= 0.6 is 11.3 Å². The zero-order valence-corrected chi connectivity index (χ0v) is 7.34. The first-order valence-electron chi connectivity index (χ1n) is 3.51. The van der Waals surface area contributed by atoms with E-state index in [1.807, 2.05) is 6.07 Å². The van der Waals surface area contributed by atoms with Gasteiger partial charge < -0.3 is 10.3 Å². The van der Waals surface area contributed by atoms with E-state index >= 15 is 0 Å². The molecule has 0 aliphatic heterocycles. The van der Waals surface area contributed by atoms with Crippen LogP contribution in [-0.2, 0) is 0 Å². The summed E-state index contributed by atoms with van der Waals surface area (Å²) in [7, 11) is 0. The second-order valence-electron chi connectivity index (χ2n) is 2.43. The van der Waals surface area contributed by atoms with Crippen LogP contribution in [0.4, 0.5) is 5.82 Å². The molecule has 0 atom stereocenters. The van der Waals surface area contributed by atoms with E-state index in [1.54, 1.807) is 17.5 Å². The number of hydrogen-bond acceptors (Lipinski definition) is 5. The van der Waals surface area contributed by atoms with Crippen molar-refractivity contribution in [1.82, 2.24) is 5.16 Å². The topological polar surface area (TPSA) is 75.8 Å². The third kappa shape index (κ3) is 1.39. The van der Waals surface area contributed by atoms with Gasteiger partial charge in [0.2, 0.25) is 0 Å². The third-order valence-corrected chi connectivity index (χ3v) is 2.44. The summed E-state index contributed by atoms with van der Waals surface area (Å²) in [4.78, 5) is 0.862. The van der Waals surface area contributed by atoms with E-state index in [0.717, 1.165) is 4.88 Å². The average Bonchev–Trinajstić information content (AvgIpc) is 2.71. The molecule has 0 aromatic carbocycles. The van der Waals surface area contributed by atoms with Crippen LogP contribution in [0.3, 0.4) is 0 Å². The number of nitrogens with two attached hydrogens (primary N) is 1.